The summed E-state index contributed by atoms with van der Waals surface area (Å²) in [4.78, 5) is 11.5. The highest BCUT2D eigenvalue weighted by Gasteiger charge is 2.20. The van der Waals surface area contributed by atoms with Crippen LogP contribution in [0.25, 0.3) is 0 Å². The Kier molecular flexibility index (Phi) is 4.53. The van der Waals surface area contributed by atoms with Crippen LogP contribution in [-0.4, -0.2) is 18.9 Å². The molecule has 2 rings (SSSR count). The highest BCUT2D eigenvalue weighted by Crippen LogP contribution is 2.26. The fourth-order valence-electron chi connectivity index (χ4n) is 1.56. The second kappa shape index (κ2) is 6.03. The quantitative estimate of drug-likeness (QED) is 0.522. The van der Waals surface area contributed by atoms with Crippen molar-refractivity contribution in [3.05, 3.63) is 58.1 Å². The Hall–Kier alpha value is -1.60. The summed E-state index contributed by atoms with van der Waals surface area (Å²) in [5, 5.41) is 0.409. The number of para-hydroxylation sites is 1. The van der Waals surface area contributed by atoms with E-state index in [1.807, 2.05) is 0 Å². The minimum absolute atomic E-state index is 0.0196. The van der Waals surface area contributed by atoms with Gasteiger partial charge in [0, 0.05) is 5.02 Å². The van der Waals surface area contributed by atoms with Gasteiger partial charge in [0.2, 0.25) is 0 Å². The zero-order chi connectivity index (χ0) is 15.6. The molecule has 0 amide bonds. The van der Waals surface area contributed by atoms with Crippen LogP contribution in [-0.2, 0) is 10.1 Å². The molecule has 8 heteroatoms. The molecule has 0 saturated heterocycles. The lowest BCUT2D eigenvalue weighted by atomic mass is 10.2. The van der Waals surface area contributed by atoms with E-state index in [-0.39, 0.29) is 16.3 Å². The maximum atomic E-state index is 12.0. The molecule has 1 N–H and O–H groups in total. The number of ether oxygens (including phenoxy) is 1. The van der Waals surface area contributed by atoms with Crippen LogP contribution in [0.3, 0.4) is 0 Å². The molecule has 21 heavy (non-hydrogen) atoms. The van der Waals surface area contributed by atoms with Crippen molar-refractivity contribution >= 4 is 39.3 Å². The van der Waals surface area contributed by atoms with E-state index >= 15 is 0 Å². The monoisotopic (exact) mass is 346 g/mol. The molecule has 0 atom stereocenters. The summed E-state index contributed by atoms with van der Waals surface area (Å²) in [5.74, 6) is -1.16. The second-order valence-electron chi connectivity index (χ2n) is 3.94. The van der Waals surface area contributed by atoms with Crippen LogP contribution >= 0.6 is 23.2 Å². The van der Waals surface area contributed by atoms with Crippen molar-refractivity contribution in [3.63, 3.8) is 0 Å². The van der Waals surface area contributed by atoms with Crippen molar-refractivity contribution < 1.29 is 22.5 Å². The zero-order valence-corrected chi connectivity index (χ0v) is 12.6. The Balaban J connectivity index is 2.37. The van der Waals surface area contributed by atoms with Gasteiger partial charge in [-0.3, -0.25) is 4.55 Å². The van der Waals surface area contributed by atoms with Gasteiger partial charge < -0.3 is 4.74 Å². The van der Waals surface area contributed by atoms with Gasteiger partial charge >= 0.3 is 5.97 Å². The predicted molar refractivity (Wildman–Crippen MR) is 77.7 cm³/mol. The minimum atomic E-state index is -4.51. The van der Waals surface area contributed by atoms with Gasteiger partial charge in [0.25, 0.3) is 10.1 Å². The Morgan fingerprint density at radius 1 is 1.10 bits per heavy atom. The van der Waals surface area contributed by atoms with Crippen molar-refractivity contribution in [3.8, 4) is 5.75 Å². The van der Waals surface area contributed by atoms with Crippen LogP contribution in [0.15, 0.2) is 47.4 Å². The van der Waals surface area contributed by atoms with E-state index < -0.39 is 21.0 Å². The van der Waals surface area contributed by atoms with E-state index in [0.29, 0.717) is 5.02 Å². The average Bonchev–Trinajstić information content (AvgIpc) is 2.37. The average molecular weight is 347 g/mol. The Labute approximate surface area is 130 Å². The first-order chi connectivity index (χ1) is 9.79. The lowest BCUT2D eigenvalue weighted by Crippen LogP contribution is -2.12. The van der Waals surface area contributed by atoms with Crippen molar-refractivity contribution in [2.75, 3.05) is 0 Å². The summed E-state index contributed by atoms with van der Waals surface area (Å²) in [7, 11) is -4.51. The summed E-state index contributed by atoms with van der Waals surface area (Å²) in [6, 6.07) is 9.35. The third-order valence-corrected chi connectivity index (χ3v) is 3.92. The molecule has 0 spiro atoms. The zero-order valence-electron chi connectivity index (χ0n) is 10.3. The van der Waals surface area contributed by atoms with E-state index in [4.69, 9.17) is 32.5 Å². The molecule has 0 aliphatic rings. The Morgan fingerprint density at radius 3 is 2.38 bits per heavy atom. The van der Waals surface area contributed by atoms with Gasteiger partial charge in [-0.05, 0) is 30.3 Å². The van der Waals surface area contributed by atoms with Gasteiger partial charge in [0.1, 0.15) is 4.90 Å². The van der Waals surface area contributed by atoms with Crippen LogP contribution < -0.4 is 4.74 Å². The molecule has 0 heterocycles. The van der Waals surface area contributed by atoms with Crippen LogP contribution in [0.5, 0.6) is 5.75 Å². The second-order valence-corrected chi connectivity index (χ2v) is 6.17. The fourth-order valence-corrected chi connectivity index (χ4v) is 2.66. The van der Waals surface area contributed by atoms with Crippen LogP contribution in [0.2, 0.25) is 10.0 Å². The molecule has 2 aromatic carbocycles. The van der Waals surface area contributed by atoms with Crippen molar-refractivity contribution in [1.29, 1.82) is 0 Å². The van der Waals surface area contributed by atoms with Gasteiger partial charge in [-0.1, -0.05) is 35.3 Å². The molecule has 5 nitrogen and oxygen atoms in total. The first-order valence-electron chi connectivity index (χ1n) is 5.53. The van der Waals surface area contributed by atoms with Gasteiger partial charge in [0.15, 0.2) is 5.75 Å². The van der Waals surface area contributed by atoms with E-state index in [1.165, 1.54) is 36.4 Å². The first-order valence-corrected chi connectivity index (χ1v) is 7.72. The van der Waals surface area contributed by atoms with Gasteiger partial charge in [-0.2, -0.15) is 8.42 Å². The predicted octanol–water partition coefficient (Wildman–Crippen LogP) is 3.46. The van der Waals surface area contributed by atoms with Gasteiger partial charge in [0.05, 0.1) is 10.6 Å². The van der Waals surface area contributed by atoms with E-state index in [0.717, 1.165) is 6.07 Å². The number of benzene rings is 2. The Bertz CT molecular complexity index is 802. The van der Waals surface area contributed by atoms with Gasteiger partial charge in [-0.15, -0.1) is 0 Å². The number of carbonyl (C=O) groups excluding carboxylic acids is 1. The molecular formula is C13H8Cl2O5S. The molecule has 110 valence electrons. The smallest absolute Gasteiger partial charge is 0.345 e. The number of hydrogen-bond donors (Lipinski definition) is 1. The molecule has 2 aromatic rings. The molecule has 0 aromatic heterocycles. The molecule has 0 unspecified atom stereocenters. The topological polar surface area (TPSA) is 80.7 Å². The number of esters is 1. The lowest BCUT2D eigenvalue weighted by Gasteiger charge is -2.09. The van der Waals surface area contributed by atoms with Crippen LogP contribution in [0.1, 0.15) is 10.4 Å². The molecule has 0 aliphatic heterocycles. The molecular weight excluding hydrogens is 339 g/mol. The first kappa shape index (κ1) is 15.8. The van der Waals surface area contributed by atoms with Crippen molar-refractivity contribution in [1.82, 2.24) is 0 Å². The summed E-state index contributed by atoms with van der Waals surface area (Å²) in [6.07, 6.45) is 0. The van der Waals surface area contributed by atoms with Gasteiger partial charge in [-0.25, -0.2) is 4.79 Å². The summed E-state index contributed by atoms with van der Waals surface area (Å²) < 4.78 is 36.5. The lowest BCUT2D eigenvalue weighted by molar-refractivity contribution is 0.0730. The van der Waals surface area contributed by atoms with Crippen molar-refractivity contribution in [2.24, 2.45) is 0 Å². The maximum absolute atomic E-state index is 12.0. The summed E-state index contributed by atoms with van der Waals surface area (Å²) in [5.41, 5.74) is 0.0196. The standard InChI is InChI=1S/C13H8Cl2O5S/c14-8-5-6-9(10(15)7-8)13(16)20-11-3-1-2-4-12(11)21(17,18)19/h1-7H,(H,17,18,19). The summed E-state index contributed by atoms with van der Waals surface area (Å²) >= 11 is 11.6. The minimum Gasteiger partial charge on any atom is -0.421 e. The highest BCUT2D eigenvalue weighted by molar-refractivity contribution is 7.86. The number of hydrogen-bond acceptors (Lipinski definition) is 4. The SMILES string of the molecule is O=C(Oc1ccccc1S(=O)(=O)O)c1ccc(Cl)cc1Cl. The molecule has 0 radical (unpaired) electrons. The number of halogens is 2. The van der Waals surface area contributed by atoms with Crippen molar-refractivity contribution in [2.45, 2.75) is 4.90 Å². The molecule has 0 aliphatic carbocycles. The third kappa shape index (κ3) is 3.74. The largest absolute Gasteiger partial charge is 0.421 e. The molecule has 0 fully saturated rings. The number of carbonyl (C=O) groups is 1. The van der Waals surface area contributed by atoms with Crippen LogP contribution in [0.4, 0.5) is 0 Å². The van der Waals surface area contributed by atoms with Crippen LogP contribution in [0, 0.1) is 0 Å². The fraction of sp³-hybridized carbons (Fsp3) is 0. The normalized spacial score (nSPS) is 11.2. The third-order valence-electron chi connectivity index (χ3n) is 2.48. The van der Waals surface area contributed by atoms with E-state index in [2.05, 4.69) is 0 Å². The maximum Gasteiger partial charge on any atom is 0.345 e. The summed E-state index contributed by atoms with van der Waals surface area (Å²) in [6.45, 7) is 0. The van der Waals surface area contributed by atoms with E-state index in [1.54, 1.807) is 0 Å². The highest BCUT2D eigenvalue weighted by atomic mass is 35.5. The number of rotatable bonds is 3. The molecule has 0 saturated carbocycles. The Morgan fingerprint density at radius 2 is 1.76 bits per heavy atom. The molecule has 0 bridgehead atoms. The van der Waals surface area contributed by atoms with E-state index in [9.17, 15) is 13.2 Å².